The van der Waals surface area contributed by atoms with Crippen LogP contribution in [0.5, 0.6) is 11.5 Å². The number of nitrogens with one attached hydrogen (secondary N) is 2. The van der Waals surface area contributed by atoms with Gasteiger partial charge in [0.2, 0.25) is 0 Å². The number of methoxy groups -OCH3 is 2. The Morgan fingerprint density at radius 3 is 2.45 bits per heavy atom. The molecule has 0 spiro atoms. The topological polar surface area (TPSA) is 42.5 Å². The van der Waals surface area contributed by atoms with Crippen LogP contribution in [0.1, 0.15) is 31.2 Å². The average Bonchev–Trinajstić information content (AvgIpc) is 3.11. The van der Waals surface area contributed by atoms with E-state index >= 15 is 0 Å². The minimum atomic E-state index is 0.541. The van der Waals surface area contributed by atoms with E-state index in [0.717, 1.165) is 28.8 Å². The Morgan fingerprint density at radius 2 is 1.86 bits per heavy atom. The largest absolute Gasteiger partial charge is 0.493 e. The van der Waals surface area contributed by atoms with Crippen molar-refractivity contribution in [1.82, 2.24) is 5.32 Å². The number of aryl methyl sites for hydroxylation is 1. The number of hydrogen-bond donors (Lipinski definition) is 2. The molecule has 5 heteroatoms. The standard InChI is InChI=1S/C17H24N2O2S/c1-10-6-15(20-2)16(21-3)9-13(10)18-17(22)19-14-8-11-4-5-12(14)7-11/h6,9,11-12,14H,4-5,7-8H2,1-3H3,(H2,18,19,22)/t11-,12+,14-/m0/s1. The molecule has 2 N–H and O–H groups in total. The summed E-state index contributed by atoms with van der Waals surface area (Å²) in [4.78, 5) is 0. The normalized spacial score (nSPS) is 25.9. The summed E-state index contributed by atoms with van der Waals surface area (Å²) in [5, 5.41) is 7.51. The summed E-state index contributed by atoms with van der Waals surface area (Å²) in [6, 6.07) is 4.43. The summed E-state index contributed by atoms with van der Waals surface area (Å²) in [5.74, 6) is 3.15. The van der Waals surface area contributed by atoms with E-state index in [9.17, 15) is 0 Å². The molecule has 2 aliphatic rings. The van der Waals surface area contributed by atoms with Gasteiger partial charge in [-0.2, -0.15) is 0 Å². The summed E-state index contributed by atoms with van der Waals surface area (Å²) in [7, 11) is 3.29. The number of hydrogen-bond acceptors (Lipinski definition) is 3. The zero-order valence-corrected chi connectivity index (χ0v) is 14.3. The predicted octanol–water partition coefficient (Wildman–Crippen LogP) is 3.49. The van der Waals surface area contributed by atoms with Crippen molar-refractivity contribution in [3.05, 3.63) is 17.7 Å². The van der Waals surface area contributed by atoms with Crippen LogP contribution >= 0.6 is 12.2 Å². The number of ether oxygens (including phenoxy) is 2. The first-order valence-corrected chi connectivity index (χ1v) is 8.31. The van der Waals surface area contributed by atoms with Crippen molar-refractivity contribution >= 4 is 23.0 Å². The van der Waals surface area contributed by atoms with Gasteiger partial charge in [0.05, 0.1) is 14.2 Å². The van der Waals surface area contributed by atoms with E-state index in [1.54, 1.807) is 14.2 Å². The Bertz CT molecular complexity index is 576. The molecule has 120 valence electrons. The van der Waals surface area contributed by atoms with Gasteiger partial charge in [-0.3, -0.25) is 0 Å². The highest BCUT2D eigenvalue weighted by Gasteiger charge is 2.39. The zero-order chi connectivity index (χ0) is 15.7. The van der Waals surface area contributed by atoms with Gasteiger partial charge < -0.3 is 20.1 Å². The van der Waals surface area contributed by atoms with Crippen LogP contribution in [-0.2, 0) is 0 Å². The van der Waals surface area contributed by atoms with Crippen molar-refractivity contribution in [3.8, 4) is 11.5 Å². The van der Waals surface area contributed by atoms with Crippen LogP contribution in [0.25, 0.3) is 0 Å². The van der Waals surface area contributed by atoms with E-state index in [4.69, 9.17) is 21.7 Å². The van der Waals surface area contributed by atoms with E-state index < -0.39 is 0 Å². The molecule has 4 nitrogen and oxygen atoms in total. The number of fused-ring (bicyclic) bond motifs is 2. The molecule has 0 radical (unpaired) electrons. The molecule has 1 aromatic carbocycles. The Balaban J connectivity index is 1.66. The number of thiocarbonyl (C=S) groups is 1. The molecular weight excluding hydrogens is 296 g/mol. The molecule has 0 amide bonds. The molecule has 0 heterocycles. The zero-order valence-electron chi connectivity index (χ0n) is 13.4. The van der Waals surface area contributed by atoms with Crippen molar-refractivity contribution in [2.45, 2.75) is 38.6 Å². The molecule has 3 rings (SSSR count). The highest BCUT2D eigenvalue weighted by atomic mass is 32.1. The molecule has 0 aliphatic heterocycles. The first kappa shape index (κ1) is 15.4. The second kappa shape index (κ2) is 6.32. The van der Waals surface area contributed by atoms with Crippen molar-refractivity contribution in [2.24, 2.45) is 11.8 Å². The molecule has 2 fully saturated rings. The third kappa shape index (κ3) is 3.00. The fourth-order valence-corrected chi connectivity index (χ4v) is 4.12. The summed E-state index contributed by atoms with van der Waals surface area (Å²) in [6.45, 7) is 2.03. The smallest absolute Gasteiger partial charge is 0.171 e. The Morgan fingerprint density at radius 1 is 1.14 bits per heavy atom. The fraction of sp³-hybridized carbons (Fsp3) is 0.588. The molecule has 22 heavy (non-hydrogen) atoms. The number of anilines is 1. The lowest BCUT2D eigenvalue weighted by Crippen LogP contribution is -2.40. The maximum atomic E-state index is 5.49. The van der Waals surface area contributed by atoms with Crippen molar-refractivity contribution in [2.75, 3.05) is 19.5 Å². The maximum absolute atomic E-state index is 5.49. The molecular formula is C17H24N2O2S. The van der Waals surface area contributed by atoms with E-state index in [-0.39, 0.29) is 0 Å². The van der Waals surface area contributed by atoms with Crippen LogP contribution in [0, 0.1) is 18.8 Å². The predicted molar refractivity (Wildman–Crippen MR) is 92.9 cm³/mol. The second-order valence-electron chi connectivity index (χ2n) is 6.40. The van der Waals surface area contributed by atoms with Crippen LogP contribution in [0.4, 0.5) is 5.69 Å². The third-order valence-corrected chi connectivity index (χ3v) is 5.25. The van der Waals surface area contributed by atoms with Gasteiger partial charge >= 0.3 is 0 Å². The molecule has 3 atom stereocenters. The third-order valence-electron chi connectivity index (χ3n) is 5.03. The molecule has 1 aromatic rings. The summed E-state index contributed by atoms with van der Waals surface area (Å²) >= 11 is 5.49. The van der Waals surface area contributed by atoms with E-state index in [0.29, 0.717) is 16.9 Å². The van der Waals surface area contributed by atoms with Crippen LogP contribution in [-0.4, -0.2) is 25.4 Å². The van der Waals surface area contributed by atoms with Gasteiger partial charge in [-0.1, -0.05) is 6.42 Å². The molecule has 2 bridgehead atoms. The highest BCUT2D eigenvalue weighted by Crippen LogP contribution is 2.44. The van der Waals surface area contributed by atoms with Crippen LogP contribution in [0.2, 0.25) is 0 Å². The Labute approximate surface area is 137 Å². The van der Waals surface area contributed by atoms with E-state index in [1.165, 1.54) is 25.7 Å². The molecule has 0 saturated heterocycles. The van der Waals surface area contributed by atoms with Crippen molar-refractivity contribution in [3.63, 3.8) is 0 Å². The average molecular weight is 320 g/mol. The number of benzene rings is 1. The van der Waals surface area contributed by atoms with Gasteiger partial charge in [-0.15, -0.1) is 0 Å². The summed E-state index contributed by atoms with van der Waals surface area (Å²) in [6.07, 6.45) is 5.38. The van der Waals surface area contributed by atoms with Gasteiger partial charge in [0, 0.05) is 17.8 Å². The first-order chi connectivity index (χ1) is 10.6. The van der Waals surface area contributed by atoms with Crippen LogP contribution < -0.4 is 20.1 Å². The lowest BCUT2D eigenvalue weighted by atomic mass is 9.95. The molecule has 2 saturated carbocycles. The van der Waals surface area contributed by atoms with Crippen molar-refractivity contribution in [1.29, 1.82) is 0 Å². The van der Waals surface area contributed by atoms with Crippen LogP contribution in [0.3, 0.4) is 0 Å². The second-order valence-corrected chi connectivity index (χ2v) is 6.81. The van der Waals surface area contributed by atoms with Gasteiger partial charge in [0.1, 0.15) is 0 Å². The molecule has 2 aliphatic carbocycles. The van der Waals surface area contributed by atoms with E-state index in [1.807, 2.05) is 19.1 Å². The van der Waals surface area contributed by atoms with Crippen LogP contribution in [0.15, 0.2) is 12.1 Å². The monoisotopic (exact) mass is 320 g/mol. The minimum absolute atomic E-state index is 0.541. The quantitative estimate of drug-likeness (QED) is 0.831. The SMILES string of the molecule is COc1cc(C)c(NC(=S)N[C@H]2C[C@H]3CC[C@@H]2C3)cc1OC. The first-order valence-electron chi connectivity index (χ1n) is 7.91. The van der Waals surface area contributed by atoms with Gasteiger partial charge in [-0.05, 0) is 61.9 Å². The van der Waals surface area contributed by atoms with E-state index in [2.05, 4.69) is 10.6 Å². The van der Waals surface area contributed by atoms with Crippen molar-refractivity contribution < 1.29 is 9.47 Å². The molecule has 0 unspecified atom stereocenters. The minimum Gasteiger partial charge on any atom is -0.493 e. The highest BCUT2D eigenvalue weighted by molar-refractivity contribution is 7.80. The lowest BCUT2D eigenvalue weighted by molar-refractivity contribution is 0.355. The lowest BCUT2D eigenvalue weighted by Gasteiger charge is -2.25. The van der Waals surface area contributed by atoms with Gasteiger partial charge in [-0.25, -0.2) is 0 Å². The van der Waals surface area contributed by atoms with Gasteiger partial charge in [0.25, 0.3) is 0 Å². The Hall–Kier alpha value is -1.49. The van der Waals surface area contributed by atoms with Gasteiger partial charge in [0.15, 0.2) is 16.6 Å². The Kier molecular flexibility index (Phi) is 4.43. The fourth-order valence-electron chi connectivity index (χ4n) is 3.86. The number of rotatable bonds is 4. The molecule has 0 aromatic heterocycles. The summed E-state index contributed by atoms with van der Waals surface area (Å²) < 4.78 is 10.7. The summed E-state index contributed by atoms with van der Waals surface area (Å²) in [5.41, 5.74) is 2.04. The maximum Gasteiger partial charge on any atom is 0.171 e.